The lowest BCUT2D eigenvalue weighted by Crippen LogP contribution is -2.02. The van der Waals surface area contributed by atoms with E-state index >= 15 is 0 Å². The fourth-order valence-corrected chi connectivity index (χ4v) is 5.44. The van der Waals surface area contributed by atoms with Crippen molar-refractivity contribution in [2.75, 3.05) is 0 Å². The van der Waals surface area contributed by atoms with Crippen LogP contribution in [0, 0.1) is 10.8 Å². The summed E-state index contributed by atoms with van der Waals surface area (Å²) in [5, 5.41) is 28.0. The molecule has 1 aromatic carbocycles. The molecule has 5 heterocycles. The summed E-state index contributed by atoms with van der Waals surface area (Å²) in [6, 6.07) is 22.9. The minimum atomic E-state index is 0.235. The van der Waals surface area contributed by atoms with E-state index in [1.165, 1.54) is 11.3 Å². The van der Waals surface area contributed by atoms with Gasteiger partial charge in [-0.25, -0.2) is 0 Å². The molecular weight excluding hydrogens is 537 g/mol. The predicted molar refractivity (Wildman–Crippen MR) is 161 cm³/mol. The molecule has 0 aliphatic carbocycles. The van der Waals surface area contributed by atoms with Crippen LogP contribution in [-0.4, -0.2) is 40.2 Å². The molecule has 0 aliphatic rings. The van der Waals surface area contributed by atoms with Crippen LogP contribution in [0.15, 0.2) is 110 Å². The summed E-state index contributed by atoms with van der Waals surface area (Å²) in [6.45, 7) is 0. The Kier molecular flexibility index (Phi) is 7.25. The molecule has 192 valence electrons. The third kappa shape index (κ3) is 5.58. The maximum atomic E-state index is 8.67. The van der Waals surface area contributed by atoms with Gasteiger partial charge in [0.2, 0.25) is 0 Å². The first-order valence-corrected chi connectivity index (χ1v) is 13.8. The number of hydrogen-bond donors (Lipinski definition) is 2. The zero-order valence-electron chi connectivity index (χ0n) is 20.9. The molecule has 0 saturated carbocycles. The van der Waals surface area contributed by atoms with Crippen LogP contribution in [0.25, 0.3) is 43.7 Å². The lowest BCUT2D eigenvalue weighted by atomic mass is 10.1. The van der Waals surface area contributed by atoms with Gasteiger partial charge in [-0.2, -0.15) is 0 Å². The van der Waals surface area contributed by atoms with Gasteiger partial charge in [-0.3, -0.25) is 30.8 Å². The number of hydrogen-bond acceptors (Lipinski definition) is 10. The van der Waals surface area contributed by atoms with Crippen molar-refractivity contribution in [3.8, 4) is 43.7 Å². The fraction of sp³-hybridized carbons (Fsp3) is 0. The zero-order chi connectivity index (χ0) is 27.3. The number of aromatic nitrogens is 6. The Morgan fingerprint density at radius 1 is 0.575 bits per heavy atom. The third-order valence-electron chi connectivity index (χ3n) is 5.91. The SMILES string of the molecule is N=C(SC(=N)c1cccc(-c2nnc(-c3cncc(-c4ccccn4)c3)s2)c1)c1cncc(-c2ccccn2)c1. The summed E-state index contributed by atoms with van der Waals surface area (Å²) in [4.78, 5) is 17.4. The monoisotopic (exact) mass is 556 g/mol. The maximum Gasteiger partial charge on any atom is 0.149 e. The molecule has 0 bridgehead atoms. The Bertz CT molecular complexity index is 1820. The van der Waals surface area contributed by atoms with Crippen molar-refractivity contribution in [3.05, 3.63) is 121 Å². The smallest absolute Gasteiger partial charge is 0.149 e. The normalized spacial score (nSPS) is 10.8. The zero-order valence-corrected chi connectivity index (χ0v) is 22.5. The summed E-state index contributed by atoms with van der Waals surface area (Å²) in [5.41, 5.74) is 6.40. The van der Waals surface area contributed by atoms with E-state index in [0.717, 1.165) is 55.4 Å². The first kappa shape index (κ1) is 25.4. The van der Waals surface area contributed by atoms with Gasteiger partial charge < -0.3 is 0 Å². The van der Waals surface area contributed by atoms with Gasteiger partial charge in [0, 0.05) is 70.6 Å². The van der Waals surface area contributed by atoms with Gasteiger partial charge in [-0.1, -0.05) is 53.4 Å². The molecular formula is C30H20N8S2. The van der Waals surface area contributed by atoms with E-state index < -0.39 is 0 Å². The lowest BCUT2D eigenvalue weighted by Gasteiger charge is -2.08. The summed E-state index contributed by atoms with van der Waals surface area (Å²) < 4.78 is 0. The van der Waals surface area contributed by atoms with E-state index in [2.05, 4.69) is 30.1 Å². The van der Waals surface area contributed by atoms with Crippen LogP contribution in [-0.2, 0) is 0 Å². The summed E-state index contributed by atoms with van der Waals surface area (Å²) in [5.74, 6) is 0. The first-order valence-electron chi connectivity index (χ1n) is 12.2. The molecule has 0 fully saturated rings. The first-order chi connectivity index (χ1) is 19.6. The number of thioether (sulfide) groups is 1. The van der Waals surface area contributed by atoms with Gasteiger partial charge in [0.1, 0.15) is 20.1 Å². The molecule has 0 spiro atoms. The highest BCUT2D eigenvalue weighted by atomic mass is 32.2. The molecule has 10 heteroatoms. The second-order valence-electron chi connectivity index (χ2n) is 8.61. The molecule has 0 amide bonds. The summed E-state index contributed by atoms with van der Waals surface area (Å²) in [7, 11) is 0. The number of nitrogens with one attached hydrogen (secondary N) is 2. The Morgan fingerprint density at radius 3 is 1.88 bits per heavy atom. The third-order valence-corrected chi connectivity index (χ3v) is 7.81. The molecule has 6 rings (SSSR count). The molecule has 6 aromatic rings. The minimum absolute atomic E-state index is 0.235. The van der Waals surface area contributed by atoms with Crippen LogP contribution in [0.1, 0.15) is 11.1 Å². The van der Waals surface area contributed by atoms with E-state index in [4.69, 9.17) is 10.8 Å². The van der Waals surface area contributed by atoms with Gasteiger partial charge in [0.25, 0.3) is 0 Å². The van der Waals surface area contributed by atoms with Crippen molar-refractivity contribution in [2.24, 2.45) is 0 Å². The van der Waals surface area contributed by atoms with Gasteiger partial charge >= 0.3 is 0 Å². The number of benzene rings is 1. The summed E-state index contributed by atoms with van der Waals surface area (Å²) >= 11 is 2.53. The van der Waals surface area contributed by atoms with Gasteiger partial charge in [-0.05, 0) is 42.5 Å². The molecule has 0 atom stereocenters. The summed E-state index contributed by atoms with van der Waals surface area (Å²) in [6.07, 6.45) is 10.4. The molecule has 0 aliphatic heterocycles. The van der Waals surface area contributed by atoms with Crippen molar-refractivity contribution in [1.29, 1.82) is 10.8 Å². The van der Waals surface area contributed by atoms with Crippen molar-refractivity contribution in [1.82, 2.24) is 30.1 Å². The average molecular weight is 557 g/mol. The number of pyridine rings is 4. The van der Waals surface area contributed by atoms with Crippen LogP contribution in [0.3, 0.4) is 0 Å². The van der Waals surface area contributed by atoms with Crippen LogP contribution in [0.2, 0.25) is 0 Å². The largest absolute Gasteiger partial charge is 0.293 e. The van der Waals surface area contributed by atoms with Gasteiger partial charge in [-0.15, -0.1) is 10.2 Å². The number of nitrogens with zero attached hydrogens (tertiary/aromatic N) is 6. The van der Waals surface area contributed by atoms with E-state index in [1.54, 1.807) is 37.2 Å². The highest BCUT2D eigenvalue weighted by molar-refractivity contribution is 8.27. The van der Waals surface area contributed by atoms with Crippen molar-refractivity contribution in [2.45, 2.75) is 0 Å². The lowest BCUT2D eigenvalue weighted by molar-refractivity contribution is 1.10. The molecule has 8 nitrogen and oxygen atoms in total. The molecule has 0 saturated heterocycles. The standard InChI is InChI=1S/C30H20N8S2/c31-27(39-28(32)23-13-21(15-33-17-23)25-8-1-3-10-35-25)19-6-5-7-20(12-19)29-37-38-30(40-29)24-14-22(16-34-18-24)26-9-2-4-11-36-26/h1-18,31-32H. The average Bonchev–Trinajstić information content (AvgIpc) is 3.53. The van der Waals surface area contributed by atoms with Gasteiger partial charge in [0.15, 0.2) is 0 Å². The van der Waals surface area contributed by atoms with Crippen LogP contribution in [0.5, 0.6) is 0 Å². The molecule has 0 unspecified atom stereocenters. The van der Waals surface area contributed by atoms with Crippen molar-refractivity contribution < 1.29 is 0 Å². The number of rotatable bonds is 6. The Morgan fingerprint density at radius 2 is 1.18 bits per heavy atom. The maximum absolute atomic E-state index is 8.67. The quantitative estimate of drug-likeness (QED) is 0.169. The van der Waals surface area contributed by atoms with Gasteiger partial charge in [0.05, 0.1) is 11.4 Å². The second-order valence-corrected chi connectivity index (χ2v) is 10.6. The Hall–Kier alpha value is -4.93. The Labute approximate surface area is 238 Å². The molecule has 40 heavy (non-hydrogen) atoms. The van der Waals surface area contributed by atoms with Crippen LogP contribution in [0.4, 0.5) is 0 Å². The van der Waals surface area contributed by atoms with Crippen molar-refractivity contribution >= 4 is 33.2 Å². The van der Waals surface area contributed by atoms with E-state index in [-0.39, 0.29) is 10.1 Å². The van der Waals surface area contributed by atoms with Crippen molar-refractivity contribution in [3.63, 3.8) is 0 Å². The van der Waals surface area contributed by atoms with E-state index in [9.17, 15) is 0 Å². The topological polar surface area (TPSA) is 125 Å². The second kappa shape index (κ2) is 11.4. The molecule has 2 N–H and O–H groups in total. The highest BCUT2D eigenvalue weighted by Gasteiger charge is 2.14. The Balaban J connectivity index is 1.19. The molecule has 5 aromatic heterocycles. The predicted octanol–water partition coefficient (Wildman–Crippen LogP) is 6.87. The van der Waals surface area contributed by atoms with Crippen LogP contribution >= 0.6 is 23.1 Å². The fourth-order valence-electron chi connectivity index (χ4n) is 3.94. The van der Waals surface area contributed by atoms with E-state index in [1.807, 2.05) is 72.8 Å². The highest BCUT2D eigenvalue weighted by Crippen LogP contribution is 2.32. The van der Waals surface area contributed by atoms with E-state index in [0.29, 0.717) is 11.1 Å². The minimum Gasteiger partial charge on any atom is -0.293 e. The molecule has 0 radical (unpaired) electrons. The van der Waals surface area contributed by atoms with Crippen LogP contribution < -0.4 is 0 Å².